The van der Waals surface area contributed by atoms with E-state index in [-0.39, 0.29) is 0 Å². The van der Waals surface area contributed by atoms with Gasteiger partial charge in [0, 0.05) is 31.0 Å². The van der Waals surface area contributed by atoms with Crippen molar-refractivity contribution in [2.75, 3.05) is 43.1 Å². The molecule has 0 aliphatic carbocycles. The number of benzene rings is 1. The zero-order valence-electron chi connectivity index (χ0n) is 11.3. The number of ether oxygens (including phenoxy) is 1. The van der Waals surface area contributed by atoms with E-state index in [1.54, 1.807) is 0 Å². The molecule has 0 spiro atoms. The fraction of sp³-hybridized carbons (Fsp3) is 0.600. The van der Waals surface area contributed by atoms with Crippen LogP contribution in [0.25, 0.3) is 0 Å². The Morgan fingerprint density at radius 1 is 1.11 bits per heavy atom. The van der Waals surface area contributed by atoms with E-state index < -0.39 is 0 Å². The molecule has 100 valence electrons. The second-order valence-corrected chi connectivity index (χ2v) is 4.78. The van der Waals surface area contributed by atoms with Crippen LogP contribution in [0.3, 0.4) is 0 Å². The Kier molecular flexibility index (Phi) is 5.34. The van der Waals surface area contributed by atoms with Crippen LogP contribution in [-0.4, -0.2) is 32.8 Å². The molecule has 1 aromatic rings. The van der Waals surface area contributed by atoms with Gasteiger partial charge in [-0.05, 0) is 30.7 Å². The summed E-state index contributed by atoms with van der Waals surface area (Å²) in [6.45, 7) is 7.00. The van der Waals surface area contributed by atoms with Crippen molar-refractivity contribution < 1.29 is 4.74 Å². The Hall–Kier alpha value is -1.22. The molecule has 18 heavy (non-hydrogen) atoms. The van der Waals surface area contributed by atoms with Crippen LogP contribution in [0, 0.1) is 0 Å². The number of morpholine rings is 1. The Balaban J connectivity index is 1.81. The summed E-state index contributed by atoms with van der Waals surface area (Å²) in [5, 5.41) is 3.47. The quantitative estimate of drug-likeness (QED) is 0.783. The highest BCUT2D eigenvalue weighted by atomic mass is 16.5. The van der Waals surface area contributed by atoms with E-state index in [9.17, 15) is 0 Å². The van der Waals surface area contributed by atoms with Gasteiger partial charge in [0.25, 0.3) is 0 Å². The number of rotatable bonds is 6. The molecule has 0 amide bonds. The first kappa shape index (κ1) is 13.2. The molecule has 0 atom stereocenters. The minimum atomic E-state index is 0.844. The molecule has 0 unspecified atom stereocenters. The van der Waals surface area contributed by atoms with Crippen LogP contribution in [0.15, 0.2) is 24.3 Å². The van der Waals surface area contributed by atoms with Gasteiger partial charge >= 0.3 is 0 Å². The molecule has 1 aliphatic heterocycles. The minimum absolute atomic E-state index is 0.844. The number of hydrogen-bond acceptors (Lipinski definition) is 3. The SMILES string of the molecule is CCCCCNc1ccc(N2CCOCC2)cc1. The molecule has 1 aliphatic rings. The number of anilines is 2. The summed E-state index contributed by atoms with van der Waals surface area (Å²) < 4.78 is 5.37. The third-order valence-electron chi connectivity index (χ3n) is 3.35. The summed E-state index contributed by atoms with van der Waals surface area (Å²) in [4.78, 5) is 2.38. The minimum Gasteiger partial charge on any atom is -0.385 e. The summed E-state index contributed by atoms with van der Waals surface area (Å²) in [7, 11) is 0. The molecule has 1 heterocycles. The lowest BCUT2D eigenvalue weighted by atomic mass is 10.2. The fourth-order valence-electron chi connectivity index (χ4n) is 2.22. The maximum Gasteiger partial charge on any atom is 0.0642 e. The lowest BCUT2D eigenvalue weighted by Gasteiger charge is -2.28. The van der Waals surface area contributed by atoms with Crippen molar-refractivity contribution in [2.24, 2.45) is 0 Å². The average Bonchev–Trinajstić information content (AvgIpc) is 2.45. The molecule has 0 radical (unpaired) electrons. The van der Waals surface area contributed by atoms with Crippen LogP contribution >= 0.6 is 0 Å². The standard InChI is InChI=1S/C15H24N2O/c1-2-3-4-9-16-14-5-7-15(8-6-14)17-10-12-18-13-11-17/h5-8,16H,2-4,9-13H2,1H3. The predicted octanol–water partition coefficient (Wildman–Crippen LogP) is 3.13. The van der Waals surface area contributed by atoms with Crippen LogP contribution in [0.4, 0.5) is 11.4 Å². The largest absolute Gasteiger partial charge is 0.385 e. The maximum absolute atomic E-state index is 5.37. The summed E-state index contributed by atoms with van der Waals surface area (Å²) in [6.07, 6.45) is 3.83. The maximum atomic E-state index is 5.37. The first-order valence-electron chi connectivity index (χ1n) is 7.07. The highest BCUT2D eigenvalue weighted by Crippen LogP contribution is 2.19. The van der Waals surface area contributed by atoms with Crippen LogP contribution < -0.4 is 10.2 Å². The highest BCUT2D eigenvalue weighted by Gasteiger charge is 2.10. The molecule has 0 bridgehead atoms. The van der Waals surface area contributed by atoms with E-state index >= 15 is 0 Å². The highest BCUT2D eigenvalue weighted by molar-refractivity contribution is 5.55. The molecular formula is C15H24N2O. The molecule has 1 saturated heterocycles. The third kappa shape index (κ3) is 3.91. The predicted molar refractivity (Wildman–Crippen MR) is 77.5 cm³/mol. The fourth-order valence-corrected chi connectivity index (χ4v) is 2.22. The van der Waals surface area contributed by atoms with E-state index in [1.165, 1.54) is 30.6 Å². The molecule has 2 rings (SSSR count). The lowest BCUT2D eigenvalue weighted by molar-refractivity contribution is 0.122. The topological polar surface area (TPSA) is 24.5 Å². The van der Waals surface area contributed by atoms with Gasteiger partial charge in [0.05, 0.1) is 13.2 Å². The third-order valence-corrected chi connectivity index (χ3v) is 3.35. The first-order chi connectivity index (χ1) is 8.90. The number of nitrogens with one attached hydrogen (secondary N) is 1. The zero-order chi connectivity index (χ0) is 12.6. The van der Waals surface area contributed by atoms with Crippen molar-refractivity contribution in [3.8, 4) is 0 Å². The van der Waals surface area contributed by atoms with Crippen LogP contribution in [0.5, 0.6) is 0 Å². The van der Waals surface area contributed by atoms with Crippen molar-refractivity contribution in [3.63, 3.8) is 0 Å². The lowest BCUT2D eigenvalue weighted by Crippen LogP contribution is -2.36. The van der Waals surface area contributed by atoms with Crippen LogP contribution in [-0.2, 0) is 4.74 Å². The van der Waals surface area contributed by atoms with Gasteiger partial charge in [0.1, 0.15) is 0 Å². The van der Waals surface area contributed by atoms with Gasteiger partial charge < -0.3 is 15.0 Å². The normalized spacial score (nSPS) is 15.7. The Morgan fingerprint density at radius 2 is 1.83 bits per heavy atom. The molecule has 0 saturated carbocycles. The molecule has 1 fully saturated rings. The van der Waals surface area contributed by atoms with Crippen LogP contribution in [0.1, 0.15) is 26.2 Å². The van der Waals surface area contributed by atoms with Crippen molar-refractivity contribution in [3.05, 3.63) is 24.3 Å². The van der Waals surface area contributed by atoms with E-state index in [2.05, 4.69) is 41.4 Å². The summed E-state index contributed by atoms with van der Waals surface area (Å²) in [5.74, 6) is 0. The van der Waals surface area contributed by atoms with E-state index in [1.807, 2.05) is 0 Å². The van der Waals surface area contributed by atoms with Gasteiger partial charge in [-0.3, -0.25) is 0 Å². The van der Waals surface area contributed by atoms with Gasteiger partial charge in [0.2, 0.25) is 0 Å². The Bertz CT molecular complexity index is 331. The van der Waals surface area contributed by atoms with Crippen molar-refractivity contribution in [1.82, 2.24) is 0 Å². The van der Waals surface area contributed by atoms with Gasteiger partial charge in [-0.2, -0.15) is 0 Å². The van der Waals surface area contributed by atoms with E-state index in [0.29, 0.717) is 0 Å². The Labute approximate surface area is 110 Å². The van der Waals surface area contributed by atoms with Crippen molar-refractivity contribution >= 4 is 11.4 Å². The second-order valence-electron chi connectivity index (χ2n) is 4.78. The van der Waals surface area contributed by atoms with Gasteiger partial charge in [-0.1, -0.05) is 19.8 Å². The molecule has 1 N–H and O–H groups in total. The summed E-state index contributed by atoms with van der Waals surface area (Å²) in [5.41, 5.74) is 2.53. The molecular weight excluding hydrogens is 224 g/mol. The van der Waals surface area contributed by atoms with Gasteiger partial charge in [-0.15, -0.1) is 0 Å². The zero-order valence-corrected chi connectivity index (χ0v) is 11.3. The number of hydrogen-bond donors (Lipinski definition) is 1. The first-order valence-corrected chi connectivity index (χ1v) is 7.07. The molecule has 1 aromatic carbocycles. The van der Waals surface area contributed by atoms with Gasteiger partial charge in [-0.25, -0.2) is 0 Å². The monoisotopic (exact) mass is 248 g/mol. The van der Waals surface area contributed by atoms with E-state index in [4.69, 9.17) is 4.74 Å². The average molecular weight is 248 g/mol. The smallest absolute Gasteiger partial charge is 0.0642 e. The van der Waals surface area contributed by atoms with Crippen LogP contribution in [0.2, 0.25) is 0 Å². The molecule has 0 aromatic heterocycles. The number of unbranched alkanes of at least 4 members (excludes halogenated alkanes) is 2. The van der Waals surface area contributed by atoms with Crippen molar-refractivity contribution in [2.45, 2.75) is 26.2 Å². The van der Waals surface area contributed by atoms with E-state index in [0.717, 1.165) is 32.8 Å². The summed E-state index contributed by atoms with van der Waals surface area (Å²) >= 11 is 0. The summed E-state index contributed by atoms with van der Waals surface area (Å²) in [6, 6.07) is 8.76. The van der Waals surface area contributed by atoms with Crippen molar-refractivity contribution in [1.29, 1.82) is 0 Å². The second kappa shape index (κ2) is 7.27. The molecule has 3 heteroatoms. The number of nitrogens with zero attached hydrogens (tertiary/aromatic N) is 1. The van der Waals surface area contributed by atoms with Gasteiger partial charge in [0.15, 0.2) is 0 Å². The Morgan fingerprint density at radius 3 is 2.50 bits per heavy atom. The molecule has 3 nitrogen and oxygen atoms in total.